The summed E-state index contributed by atoms with van der Waals surface area (Å²) in [7, 11) is 0. The van der Waals surface area contributed by atoms with Crippen molar-refractivity contribution in [3.8, 4) is 0 Å². The lowest BCUT2D eigenvalue weighted by molar-refractivity contribution is -0.346. The molecular formula is C54H58O11. The third-order valence-corrected chi connectivity index (χ3v) is 11.5. The highest BCUT2D eigenvalue weighted by atomic mass is 16.7. The molecule has 0 aliphatic carbocycles. The van der Waals surface area contributed by atoms with Crippen LogP contribution in [-0.2, 0) is 82.3 Å². The number of benzene rings is 6. The van der Waals surface area contributed by atoms with Crippen LogP contribution in [0.1, 0.15) is 33.4 Å². The van der Waals surface area contributed by atoms with Gasteiger partial charge >= 0.3 is 0 Å². The molecule has 65 heavy (non-hydrogen) atoms. The molecule has 2 aliphatic heterocycles. The third-order valence-electron chi connectivity index (χ3n) is 11.5. The summed E-state index contributed by atoms with van der Waals surface area (Å²) in [6, 6.07) is 58.7. The Morgan fingerprint density at radius 2 is 0.677 bits per heavy atom. The number of hydrogen-bond acceptors (Lipinski definition) is 11. The van der Waals surface area contributed by atoms with Crippen molar-refractivity contribution in [1.29, 1.82) is 0 Å². The van der Waals surface area contributed by atoms with Crippen LogP contribution in [0.2, 0.25) is 0 Å². The van der Waals surface area contributed by atoms with Crippen molar-refractivity contribution in [3.63, 3.8) is 0 Å². The van der Waals surface area contributed by atoms with Gasteiger partial charge in [0, 0.05) is 0 Å². The first-order chi connectivity index (χ1) is 32.1. The zero-order valence-electron chi connectivity index (χ0n) is 36.3. The van der Waals surface area contributed by atoms with Crippen molar-refractivity contribution in [2.24, 2.45) is 0 Å². The third kappa shape index (κ3) is 13.5. The Morgan fingerprint density at radius 3 is 1.11 bits per heavy atom. The number of rotatable bonds is 22. The highest BCUT2D eigenvalue weighted by Crippen LogP contribution is 2.33. The molecule has 2 fully saturated rings. The molecule has 0 unspecified atom stereocenters. The van der Waals surface area contributed by atoms with E-state index >= 15 is 0 Å². The van der Waals surface area contributed by atoms with E-state index < -0.39 is 61.4 Å². The molecule has 0 amide bonds. The van der Waals surface area contributed by atoms with Gasteiger partial charge in [0.05, 0.1) is 52.9 Å². The molecule has 0 radical (unpaired) electrons. The van der Waals surface area contributed by atoms with Crippen molar-refractivity contribution in [2.45, 2.75) is 101 Å². The first-order valence-electron chi connectivity index (χ1n) is 22.3. The molecule has 0 aromatic heterocycles. The molecular weight excluding hydrogens is 825 g/mol. The SMILES string of the molecule is O[C@@H]1[C@H](OCc2ccccc2)[C@@H](OCc2ccccc2)[C@H](OC[C@H]2O[C@H](O)[C@H](OCc3ccccc3)[C@@H](OCc3ccccc3)[C@@H]2OCc2ccccc2)O[C@@H]1COCc1ccccc1. The van der Waals surface area contributed by atoms with Crippen LogP contribution in [0.15, 0.2) is 182 Å². The minimum absolute atomic E-state index is 0.0454. The van der Waals surface area contributed by atoms with Gasteiger partial charge in [-0.1, -0.05) is 182 Å². The van der Waals surface area contributed by atoms with Crippen molar-refractivity contribution in [1.82, 2.24) is 0 Å². The first-order valence-corrected chi connectivity index (χ1v) is 22.3. The lowest BCUT2D eigenvalue weighted by atomic mass is 9.97. The molecule has 2 N–H and O–H groups in total. The van der Waals surface area contributed by atoms with Crippen LogP contribution >= 0.6 is 0 Å². The second-order valence-corrected chi connectivity index (χ2v) is 16.2. The average molecular weight is 883 g/mol. The van der Waals surface area contributed by atoms with Gasteiger partial charge in [0.15, 0.2) is 12.6 Å². The highest BCUT2D eigenvalue weighted by Gasteiger charge is 2.51. The van der Waals surface area contributed by atoms with Gasteiger partial charge in [-0.05, 0) is 33.4 Å². The second kappa shape index (κ2) is 24.4. The molecule has 0 bridgehead atoms. The maximum absolute atomic E-state index is 12.0. The molecule has 10 atom stereocenters. The van der Waals surface area contributed by atoms with Crippen molar-refractivity contribution in [2.75, 3.05) is 13.2 Å². The van der Waals surface area contributed by atoms with Gasteiger partial charge in [0.1, 0.15) is 48.8 Å². The van der Waals surface area contributed by atoms with Gasteiger partial charge < -0.3 is 52.8 Å². The second-order valence-electron chi connectivity index (χ2n) is 16.2. The molecule has 11 nitrogen and oxygen atoms in total. The highest BCUT2D eigenvalue weighted by molar-refractivity contribution is 5.18. The largest absolute Gasteiger partial charge is 0.387 e. The Morgan fingerprint density at radius 1 is 0.323 bits per heavy atom. The molecule has 2 heterocycles. The zero-order valence-corrected chi connectivity index (χ0v) is 36.3. The van der Waals surface area contributed by atoms with Crippen LogP contribution in [0, 0.1) is 0 Å². The van der Waals surface area contributed by atoms with Gasteiger partial charge in [-0.15, -0.1) is 0 Å². The zero-order chi connectivity index (χ0) is 44.5. The molecule has 0 saturated carbocycles. The van der Waals surface area contributed by atoms with E-state index in [2.05, 4.69) is 0 Å². The number of hydrogen-bond donors (Lipinski definition) is 2. The molecule has 0 spiro atoms. The summed E-state index contributed by atoms with van der Waals surface area (Å²) in [5.41, 5.74) is 5.64. The molecule has 6 aromatic carbocycles. The minimum Gasteiger partial charge on any atom is -0.387 e. The normalized spacial score (nSPS) is 25.6. The predicted molar refractivity (Wildman–Crippen MR) is 243 cm³/mol. The Bertz CT molecular complexity index is 2210. The van der Waals surface area contributed by atoms with Crippen molar-refractivity contribution < 1.29 is 52.8 Å². The van der Waals surface area contributed by atoms with E-state index in [0.29, 0.717) is 6.61 Å². The van der Waals surface area contributed by atoms with Crippen LogP contribution in [0.25, 0.3) is 0 Å². The van der Waals surface area contributed by atoms with Crippen molar-refractivity contribution in [3.05, 3.63) is 215 Å². The van der Waals surface area contributed by atoms with Crippen LogP contribution in [0.4, 0.5) is 0 Å². The topological polar surface area (TPSA) is 124 Å². The molecule has 340 valence electrons. The average Bonchev–Trinajstić information content (AvgIpc) is 3.36. The summed E-state index contributed by atoms with van der Waals surface area (Å²) in [5.74, 6) is 0. The summed E-state index contributed by atoms with van der Waals surface area (Å²) in [6.45, 7) is 1.30. The van der Waals surface area contributed by atoms with E-state index in [1.165, 1.54) is 0 Å². The Kier molecular flexibility index (Phi) is 17.4. The van der Waals surface area contributed by atoms with Gasteiger partial charge in [0.25, 0.3) is 0 Å². The van der Waals surface area contributed by atoms with E-state index in [1.807, 2.05) is 182 Å². The van der Waals surface area contributed by atoms with Crippen LogP contribution in [0.3, 0.4) is 0 Å². The summed E-state index contributed by atoms with van der Waals surface area (Å²) >= 11 is 0. The smallest absolute Gasteiger partial charge is 0.187 e. The summed E-state index contributed by atoms with van der Waals surface area (Å²) < 4.78 is 59.0. The summed E-state index contributed by atoms with van der Waals surface area (Å²) in [4.78, 5) is 0. The minimum atomic E-state index is -1.41. The molecule has 8 rings (SSSR count). The fourth-order valence-electron chi connectivity index (χ4n) is 8.02. The maximum Gasteiger partial charge on any atom is 0.187 e. The molecule has 2 aliphatic rings. The fourth-order valence-corrected chi connectivity index (χ4v) is 8.02. The summed E-state index contributed by atoms with van der Waals surface area (Å²) in [6.07, 6.45) is -9.73. The van der Waals surface area contributed by atoms with Crippen LogP contribution < -0.4 is 0 Å². The Balaban J connectivity index is 1.07. The first kappa shape index (κ1) is 46.4. The van der Waals surface area contributed by atoms with Gasteiger partial charge in [-0.2, -0.15) is 0 Å². The lowest BCUT2D eigenvalue weighted by Gasteiger charge is -2.46. The standard InChI is InChI=1S/C54H58O11/c55-47-45(37-57-31-39-19-7-1-8-20-39)65-54(52(62-36-44-29-17-6-18-30-44)49(47)59-33-41-23-11-3-12-24-41)63-38-46-48(58-32-40-21-9-2-10-22-40)50(60-34-42-25-13-4-14-26-42)51(53(56)64-46)61-35-43-27-15-5-16-28-43/h1-30,45-56H,31-38H2/t45-,46-,47+,48-,49+,50+,51-,52-,53+,54-/m1/s1. The number of ether oxygens (including phenoxy) is 9. The van der Waals surface area contributed by atoms with Gasteiger partial charge in [0.2, 0.25) is 0 Å². The maximum atomic E-state index is 12.0. The predicted octanol–water partition coefficient (Wildman–Crippen LogP) is 7.95. The quantitative estimate of drug-likeness (QED) is 0.0691. The van der Waals surface area contributed by atoms with E-state index in [-0.39, 0.29) is 46.2 Å². The lowest BCUT2D eigenvalue weighted by Crippen LogP contribution is -2.63. The Labute approximate surface area is 381 Å². The van der Waals surface area contributed by atoms with Crippen LogP contribution in [-0.4, -0.2) is 84.8 Å². The number of aliphatic hydroxyl groups excluding tert-OH is 2. The fraction of sp³-hybridized carbons (Fsp3) is 0.333. The van der Waals surface area contributed by atoms with Gasteiger partial charge in [-0.25, -0.2) is 0 Å². The van der Waals surface area contributed by atoms with E-state index in [1.54, 1.807) is 0 Å². The molecule has 11 heteroatoms. The van der Waals surface area contributed by atoms with Gasteiger partial charge in [-0.3, -0.25) is 0 Å². The van der Waals surface area contributed by atoms with E-state index in [9.17, 15) is 10.2 Å². The van der Waals surface area contributed by atoms with E-state index in [4.69, 9.17) is 42.6 Å². The van der Waals surface area contributed by atoms with E-state index in [0.717, 1.165) is 33.4 Å². The summed E-state index contributed by atoms with van der Waals surface area (Å²) in [5, 5.41) is 23.8. The Hall–Kier alpha value is -5.12. The van der Waals surface area contributed by atoms with Crippen LogP contribution in [0.5, 0.6) is 0 Å². The molecule has 2 saturated heterocycles. The number of aliphatic hydroxyl groups is 2. The molecule has 6 aromatic rings. The van der Waals surface area contributed by atoms with Crippen molar-refractivity contribution >= 4 is 0 Å². The monoisotopic (exact) mass is 882 g/mol.